The monoisotopic (exact) mass is 513 g/mol. The lowest BCUT2D eigenvalue weighted by molar-refractivity contribution is -0.0498. The van der Waals surface area contributed by atoms with E-state index in [1.807, 2.05) is 30.3 Å². The Bertz CT molecular complexity index is 1150. The summed E-state index contributed by atoms with van der Waals surface area (Å²) in [5.74, 6) is 0.574. The lowest BCUT2D eigenvalue weighted by Crippen LogP contribution is -2.26. The first-order valence-electron chi connectivity index (χ1n) is 12.4. The van der Waals surface area contributed by atoms with Crippen molar-refractivity contribution in [3.63, 3.8) is 0 Å². The van der Waals surface area contributed by atoms with Gasteiger partial charge in [-0.05, 0) is 79.0 Å². The molecule has 0 spiro atoms. The van der Waals surface area contributed by atoms with Crippen molar-refractivity contribution in [3.05, 3.63) is 82.7 Å². The highest BCUT2D eigenvalue weighted by molar-refractivity contribution is 5.94. The van der Waals surface area contributed by atoms with Crippen LogP contribution in [0, 0.1) is 11.8 Å². The number of carbonyl (C=O) groups is 1. The van der Waals surface area contributed by atoms with Crippen molar-refractivity contribution in [3.8, 4) is 5.75 Å². The predicted octanol–water partition coefficient (Wildman–Crippen LogP) is 5.12. The second-order valence-corrected chi connectivity index (χ2v) is 9.71. The van der Waals surface area contributed by atoms with Crippen LogP contribution in [-0.4, -0.2) is 46.9 Å². The molecule has 0 saturated heterocycles. The molecule has 0 unspecified atom stereocenters. The molecular weight excluding hydrogens is 480 g/mol. The summed E-state index contributed by atoms with van der Waals surface area (Å²) in [6.45, 7) is -2.02. The quantitative estimate of drug-likeness (QED) is 0.372. The first-order valence-corrected chi connectivity index (χ1v) is 12.4. The second-order valence-electron chi connectivity index (χ2n) is 9.71. The van der Waals surface area contributed by atoms with Crippen molar-refractivity contribution in [2.24, 2.45) is 11.8 Å². The number of nitrogens with one attached hydrogen (secondary N) is 1. The van der Waals surface area contributed by atoms with Crippen molar-refractivity contribution < 1.29 is 28.2 Å². The highest BCUT2D eigenvalue weighted by atomic mass is 19.3. The van der Waals surface area contributed by atoms with Crippen molar-refractivity contribution in [2.45, 2.75) is 51.6 Å². The third-order valence-corrected chi connectivity index (χ3v) is 6.93. The number of hydrogen-bond donors (Lipinski definition) is 2. The van der Waals surface area contributed by atoms with Gasteiger partial charge in [0, 0.05) is 19.7 Å². The number of H-pyrrole nitrogens is 1. The maximum atomic E-state index is 12.9. The molecule has 1 aliphatic rings. The zero-order valence-electron chi connectivity index (χ0n) is 21.1. The molecule has 1 amide bonds. The van der Waals surface area contributed by atoms with Crippen LogP contribution >= 0.6 is 0 Å². The fraction of sp³-hybridized carbons (Fsp3) is 0.429. The molecule has 9 heteroatoms. The van der Waals surface area contributed by atoms with Crippen molar-refractivity contribution in [2.75, 3.05) is 14.2 Å². The summed E-state index contributed by atoms with van der Waals surface area (Å²) in [6.07, 6.45) is 3.04. The summed E-state index contributed by atoms with van der Waals surface area (Å²) < 4.78 is 34.2. The highest BCUT2D eigenvalue weighted by Crippen LogP contribution is 2.40. The molecule has 3 atom stereocenters. The first-order chi connectivity index (χ1) is 17.8. The smallest absolute Gasteiger partial charge is 0.387 e. The number of aromatic amines is 1. The summed E-state index contributed by atoms with van der Waals surface area (Å²) in [4.78, 5) is 14.5. The Kier molecular flexibility index (Phi) is 8.89. The maximum absolute atomic E-state index is 12.9. The van der Waals surface area contributed by atoms with Crippen LogP contribution in [0.1, 0.15) is 58.2 Å². The number of amides is 1. The Hall–Kier alpha value is -3.30. The molecule has 0 aliphatic heterocycles. The molecule has 198 valence electrons. The van der Waals surface area contributed by atoms with E-state index in [2.05, 4.69) is 14.9 Å². The van der Waals surface area contributed by atoms with Crippen LogP contribution in [-0.2, 0) is 24.3 Å². The SMILES string of the molecule is COCc1cc(CN(C)C(=O)c2ccc(C[C@@H]3CC[C@H]([C@H](O)c4ccc(OC(F)F)cc4)C3)cc2)[nH]n1. The second kappa shape index (κ2) is 12.3. The van der Waals surface area contributed by atoms with Crippen LogP contribution in [0.15, 0.2) is 54.6 Å². The van der Waals surface area contributed by atoms with E-state index in [0.29, 0.717) is 30.2 Å². The van der Waals surface area contributed by atoms with Gasteiger partial charge in [0.1, 0.15) is 5.75 Å². The molecule has 3 aromatic rings. The van der Waals surface area contributed by atoms with Crippen LogP contribution in [0.2, 0.25) is 0 Å². The molecule has 4 rings (SSSR count). The number of alkyl halides is 2. The van der Waals surface area contributed by atoms with Crippen LogP contribution < -0.4 is 4.74 Å². The van der Waals surface area contributed by atoms with Gasteiger partial charge in [-0.25, -0.2) is 0 Å². The van der Waals surface area contributed by atoms with Gasteiger partial charge in [-0.3, -0.25) is 9.89 Å². The van der Waals surface area contributed by atoms with E-state index in [9.17, 15) is 18.7 Å². The minimum absolute atomic E-state index is 0.0662. The maximum Gasteiger partial charge on any atom is 0.387 e. The minimum Gasteiger partial charge on any atom is -0.435 e. The molecule has 1 heterocycles. The van der Waals surface area contributed by atoms with Crippen molar-refractivity contribution in [1.82, 2.24) is 15.1 Å². The average molecular weight is 514 g/mol. The number of halogens is 2. The van der Waals surface area contributed by atoms with Crippen molar-refractivity contribution >= 4 is 5.91 Å². The first kappa shape index (κ1) is 26.8. The Morgan fingerprint density at radius 3 is 2.57 bits per heavy atom. The number of benzene rings is 2. The summed E-state index contributed by atoms with van der Waals surface area (Å²) in [7, 11) is 3.37. The fourth-order valence-electron chi connectivity index (χ4n) is 5.08. The molecular formula is C28H33F2N3O4. The summed E-state index contributed by atoms with van der Waals surface area (Å²) >= 11 is 0. The number of methoxy groups -OCH3 is 1. The fourth-order valence-corrected chi connectivity index (χ4v) is 5.08. The molecule has 1 fully saturated rings. The largest absolute Gasteiger partial charge is 0.435 e. The van der Waals surface area contributed by atoms with E-state index < -0.39 is 12.7 Å². The normalized spacial score (nSPS) is 18.2. The molecule has 7 nitrogen and oxygen atoms in total. The van der Waals surface area contributed by atoms with E-state index in [1.54, 1.807) is 31.2 Å². The van der Waals surface area contributed by atoms with Gasteiger partial charge in [0.2, 0.25) is 0 Å². The third kappa shape index (κ3) is 7.14. The van der Waals surface area contributed by atoms with Gasteiger partial charge in [-0.15, -0.1) is 0 Å². The van der Waals surface area contributed by atoms with Crippen LogP contribution in [0.4, 0.5) is 8.78 Å². The molecule has 1 aromatic heterocycles. The van der Waals surface area contributed by atoms with Crippen LogP contribution in [0.5, 0.6) is 5.75 Å². The standard InChI is InChI=1S/C28H33F2N3O4/c1-33(16-23-15-24(17-36-2)32-31-23)27(35)21-6-3-18(4-7-21)13-19-5-8-22(14-19)26(34)20-9-11-25(12-10-20)37-28(29)30/h3-4,6-7,9-12,15,19,22,26,28,34H,5,8,13-14,16-17H2,1-2H3,(H,31,32)/t19-,22-,26+/m0/s1. The van der Waals surface area contributed by atoms with Gasteiger partial charge in [0.25, 0.3) is 5.91 Å². The van der Waals surface area contributed by atoms with Crippen molar-refractivity contribution in [1.29, 1.82) is 0 Å². The topological polar surface area (TPSA) is 87.7 Å². The van der Waals surface area contributed by atoms with E-state index in [1.165, 1.54) is 12.1 Å². The number of aliphatic hydroxyl groups is 1. The predicted molar refractivity (Wildman–Crippen MR) is 134 cm³/mol. The van der Waals surface area contributed by atoms with E-state index in [0.717, 1.165) is 42.6 Å². The van der Waals surface area contributed by atoms with Gasteiger partial charge >= 0.3 is 6.61 Å². The average Bonchev–Trinajstić information content (AvgIpc) is 3.53. The van der Waals surface area contributed by atoms with Crippen LogP contribution in [0.25, 0.3) is 0 Å². The Labute approximate surface area is 215 Å². The van der Waals surface area contributed by atoms with Gasteiger partial charge < -0.3 is 19.5 Å². The zero-order valence-corrected chi connectivity index (χ0v) is 21.1. The Morgan fingerprint density at radius 2 is 1.89 bits per heavy atom. The van der Waals surface area contributed by atoms with Gasteiger partial charge in [0.15, 0.2) is 0 Å². The van der Waals surface area contributed by atoms with Gasteiger partial charge in [-0.1, -0.05) is 24.3 Å². The minimum atomic E-state index is -2.86. The number of hydrogen-bond acceptors (Lipinski definition) is 5. The number of aromatic nitrogens is 2. The van der Waals surface area contributed by atoms with E-state index in [4.69, 9.17) is 4.74 Å². The van der Waals surface area contributed by atoms with Gasteiger partial charge in [-0.2, -0.15) is 13.9 Å². The number of nitrogens with zero attached hydrogens (tertiary/aromatic N) is 2. The third-order valence-electron chi connectivity index (χ3n) is 6.93. The lowest BCUT2D eigenvalue weighted by atomic mass is 9.91. The molecule has 2 aromatic carbocycles. The van der Waals surface area contributed by atoms with E-state index in [-0.39, 0.29) is 17.6 Å². The number of rotatable bonds is 11. The molecule has 0 radical (unpaired) electrons. The molecule has 1 aliphatic carbocycles. The van der Waals surface area contributed by atoms with Gasteiger partial charge in [0.05, 0.1) is 30.6 Å². The highest BCUT2D eigenvalue weighted by Gasteiger charge is 2.31. The van der Waals surface area contributed by atoms with E-state index >= 15 is 0 Å². The zero-order chi connectivity index (χ0) is 26.4. The number of carbonyl (C=O) groups excluding carboxylic acids is 1. The summed E-state index contributed by atoms with van der Waals surface area (Å²) in [6, 6.07) is 15.8. The number of ether oxygens (including phenoxy) is 2. The number of aliphatic hydroxyl groups excluding tert-OH is 1. The Morgan fingerprint density at radius 1 is 1.16 bits per heavy atom. The molecule has 0 bridgehead atoms. The van der Waals surface area contributed by atoms with Crippen LogP contribution in [0.3, 0.4) is 0 Å². The molecule has 2 N–H and O–H groups in total. The summed E-state index contributed by atoms with van der Waals surface area (Å²) in [5.41, 5.74) is 4.13. The molecule has 1 saturated carbocycles. The molecule has 37 heavy (non-hydrogen) atoms. The summed E-state index contributed by atoms with van der Waals surface area (Å²) in [5, 5.41) is 17.9. The Balaban J connectivity index is 1.27. The lowest BCUT2D eigenvalue weighted by Gasteiger charge is -2.19.